The maximum absolute atomic E-state index is 14.3. The summed E-state index contributed by atoms with van der Waals surface area (Å²) in [7, 11) is 0. The summed E-state index contributed by atoms with van der Waals surface area (Å²) in [6.07, 6.45) is -3.04. The van der Waals surface area contributed by atoms with Crippen LogP contribution in [0.25, 0.3) is 22.2 Å². The third-order valence-electron chi connectivity index (χ3n) is 6.34. The van der Waals surface area contributed by atoms with E-state index in [9.17, 15) is 22.4 Å². The molecule has 0 unspecified atom stereocenters. The molecule has 0 radical (unpaired) electrons. The number of aromatic amines is 1. The summed E-state index contributed by atoms with van der Waals surface area (Å²) in [5.41, 5.74) is 4.28. The quantitative estimate of drug-likeness (QED) is 0.350. The molecule has 0 aliphatic carbocycles. The third kappa shape index (κ3) is 6.08. The maximum atomic E-state index is 14.3. The average molecular weight is 528 g/mol. The number of amides is 1. The number of carbonyl (C=O) groups is 1. The molecule has 0 saturated carbocycles. The second-order valence-corrected chi connectivity index (χ2v) is 9.25. The van der Waals surface area contributed by atoms with Crippen LogP contribution in [0.4, 0.5) is 29.3 Å². The zero-order valence-electron chi connectivity index (χ0n) is 20.5. The molecule has 12 heteroatoms. The Bertz CT molecular complexity index is 1460. The van der Waals surface area contributed by atoms with Crippen molar-refractivity contribution in [2.75, 3.05) is 31.5 Å². The number of aromatic nitrogens is 4. The highest BCUT2D eigenvalue weighted by molar-refractivity contribution is 5.84. The van der Waals surface area contributed by atoms with Gasteiger partial charge >= 0.3 is 6.18 Å². The summed E-state index contributed by atoms with van der Waals surface area (Å²) in [5.74, 6) is -0.240. The van der Waals surface area contributed by atoms with Crippen molar-refractivity contribution in [1.82, 2.24) is 29.7 Å². The lowest BCUT2D eigenvalue weighted by molar-refractivity contribution is -0.162. The predicted molar refractivity (Wildman–Crippen MR) is 134 cm³/mol. The van der Waals surface area contributed by atoms with Gasteiger partial charge < -0.3 is 15.2 Å². The van der Waals surface area contributed by atoms with Crippen molar-refractivity contribution < 1.29 is 22.4 Å². The van der Waals surface area contributed by atoms with Gasteiger partial charge in [0.1, 0.15) is 18.1 Å². The minimum atomic E-state index is -4.49. The van der Waals surface area contributed by atoms with E-state index in [1.165, 1.54) is 11.1 Å². The summed E-state index contributed by atoms with van der Waals surface area (Å²) in [5, 5.41) is 3.15. The van der Waals surface area contributed by atoms with Crippen molar-refractivity contribution in [3.05, 3.63) is 65.9 Å². The first kappa shape index (κ1) is 25.6. The molecule has 38 heavy (non-hydrogen) atoms. The van der Waals surface area contributed by atoms with E-state index in [1.807, 2.05) is 24.3 Å². The Morgan fingerprint density at radius 3 is 2.63 bits per heavy atom. The van der Waals surface area contributed by atoms with Gasteiger partial charge in [-0.3, -0.25) is 14.7 Å². The van der Waals surface area contributed by atoms with Gasteiger partial charge in [-0.1, -0.05) is 6.07 Å². The maximum Gasteiger partial charge on any atom is 0.397 e. The fourth-order valence-electron chi connectivity index (χ4n) is 4.46. The molecule has 4 heterocycles. The van der Waals surface area contributed by atoms with Gasteiger partial charge in [0.25, 0.3) is 0 Å². The number of anilines is 2. The summed E-state index contributed by atoms with van der Waals surface area (Å²) in [6.45, 7) is 3.86. The largest absolute Gasteiger partial charge is 0.397 e. The number of hydrogen-bond donors (Lipinski definition) is 2. The van der Waals surface area contributed by atoms with Crippen molar-refractivity contribution in [1.29, 1.82) is 0 Å². The molecule has 5 rings (SSSR count). The molecule has 0 bridgehead atoms. The minimum Gasteiger partial charge on any atom is -0.340 e. The second-order valence-electron chi connectivity index (χ2n) is 9.25. The molecule has 3 aromatic heterocycles. The summed E-state index contributed by atoms with van der Waals surface area (Å²) >= 11 is 0. The molecule has 0 atom stereocenters. The number of hydrogen-bond acceptors (Lipinski definition) is 6. The van der Waals surface area contributed by atoms with E-state index in [0.29, 0.717) is 48.0 Å². The van der Waals surface area contributed by atoms with Crippen molar-refractivity contribution in [2.24, 2.45) is 0 Å². The Hall–Kier alpha value is -4.06. The number of rotatable bonds is 6. The fraction of sp³-hybridized carbons (Fsp3) is 0.308. The first-order valence-corrected chi connectivity index (χ1v) is 12.0. The number of aryl methyl sites for hydroxylation is 1. The lowest BCUT2D eigenvalue weighted by atomic mass is 10.1. The Morgan fingerprint density at radius 2 is 1.87 bits per heavy atom. The zero-order valence-corrected chi connectivity index (χ0v) is 20.5. The molecule has 1 aliphatic rings. The normalized spacial score (nSPS) is 14.7. The number of pyridine rings is 2. The van der Waals surface area contributed by atoms with Gasteiger partial charge in [-0.15, -0.1) is 0 Å². The van der Waals surface area contributed by atoms with Gasteiger partial charge in [0.15, 0.2) is 0 Å². The van der Waals surface area contributed by atoms with E-state index in [2.05, 4.69) is 30.2 Å². The molecule has 2 N–H and O–H groups in total. The van der Waals surface area contributed by atoms with Crippen molar-refractivity contribution in [2.45, 2.75) is 26.1 Å². The fourth-order valence-corrected chi connectivity index (χ4v) is 4.46. The van der Waals surface area contributed by atoms with Crippen LogP contribution in [0.3, 0.4) is 0 Å². The van der Waals surface area contributed by atoms with E-state index >= 15 is 0 Å². The van der Waals surface area contributed by atoms with Gasteiger partial charge in [0.2, 0.25) is 11.9 Å². The first-order valence-electron chi connectivity index (χ1n) is 12.0. The number of halogens is 4. The van der Waals surface area contributed by atoms with Crippen LogP contribution in [0.2, 0.25) is 0 Å². The molecule has 4 aromatic rings. The van der Waals surface area contributed by atoms with Crippen LogP contribution in [0.15, 0.2) is 48.8 Å². The molecular formula is C26H25F4N7O. The smallest absolute Gasteiger partial charge is 0.340 e. The van der Waals surface area contributed by atoms with Crippen LogP contribution in [-0.2, 0) is 11.3 Å². The number of nitrogens with zero attached hydrogens (tertiary/aromatic N) is 5. The van der Waals surface area contributed by atoms with E-state index in [1.54, 1.807) is 25.3 Å². The molecule has 1 amide bonds. The standard InChI is InChI=1S/C26H25F4N7O/c1-16-10-19(20(27)14-32-16)18-2-3-21-22(12-18)34-25(33-21)35-23-11-17(4-5-31-23)15-36-6-8-37(9-7-36)24(38)13-26(28,29)30/h2-5,10-12,14H,6-9,13,15H2,1H3,(H2,31,33,34,35). The minimum absolute atomic E-state index is 0.259. The lowest BCUT2D eigenvalue weighted by Crippen LogP contribution is -2.49. The van der Waals surface area contributed by atoms with Crippen LogP contribution >= 0.6 is 0 Å². The second kappa shape index (κ2) is 10.4. The summed E-state index contributed by atoms with van der Waals surface area (Å²) < 4.78 is 51.8. The predicted octanol–water partition coefficient (Wildman–Crippen LogP) is 4.81. The van der Waals surface area contributed by atoms with E-state index in [0.717, 1.165) is 16.8 Å². The van der Waals surface area contributed by atoms with Gasteiger partial charge in [0, 0.05) is 50.2 Å². The van der Waals surface area contributed by atoms with Gasteiger partial charge in [0.05, 0.1) is 17.2 Å². The van der Waals surface area contributed by atoms with Crippen LogP contribution in [0.1, 0.15) is 17.7 Å². The van der Waals surface area contributed by atoms with Crippen LogP contribution in [-0.4, -0.2) is 68.0 Å². The summed E-state index contributed by atoms with van der Waals surface area (Å²) in [6, 6.07) is 10.9. The Kier molecular flexibility index (Phi) is 6.98. The lowest BCUT2D eigenvalue weighted by Gasteiger charge is -2.35. The van der Waals surface area contributed by atoms with Crippen LogP contribution in [0.5, 0.6) is 0 Å². The Balaban J connectivity index is 1.22. The number of fused-ring (bicyclic) bond motifs is 1. The van der Waals surface area contributed by atoms with E-state index in [4.69, 9.17) is 0 Å². The highest BCUT2D eigenvalue weighted by Gasteiger charge is 2.34. The number of carbonyl (C=O) groups excluding carboxylic acids is 1. The van der Waals surface area contributed by atoms with Crippen molar-refractivity contribution >= 4 is 28.7 Å². The monoisotopic (exact) mass is 527 g/mol. The molecule has 1 aromatic carbocycles. The van der Waals surface area contributed by atoms with E-state index in [-0.39, 0.29) is 13.1 Å². The van der Waals surface area contributed by atoms with E-state index < -0.39 is 24.3 Å². The number of benzene rings is 1. The zero-order chi connectivity index (χ0) is 26.9. The van der Waals surface area contributed by atoms with Crippen LogP contribution < -0.4 is 5.32 Å². The average Bonchev–Trinajstić information content (AvgIpc) is 3.26. The Morgan fingerprint density at radius 1 is 1.08 bits per heavy atom. The SMILES string of the molecule is Cc1cc(-c2ccc3nc(Nc4cc(CN5CCN(C(=O)CC(F)(F)F)CC5)ccn4)[nH]c3c2)c(F)cn1. The molecule has 1 fully saturated rings. The molecular weight excluding hydrogens is 502 g/mol. The van der Waals surface area contributed by atoms with Gasteiger partial charge in [-0.2, -0.15) is 13.2 Å². The van der Waals surface area contributed by atoms with Crippen LogP contribution in [0, 0.1) is 12.7 Å². The molecule has 0 spiro atoms. The molecule has 8 nitrogen and oxygen atoms in total. The number of H-pyrrole nitrogens is 1. The van der Waals surface area contributed by atoms with Crippen molar-refractivity contribution in [3.8, 4) is 11.1 Å². The molecule has 1 saturated heterocycles. The topological polar surface area (TPSA) is 90.0 Å². The molecule has 198 valence electrons. The number of alkyl halides is 3. The molecule has 1 aliphatic heterocycles. The first-order chi connectivity index (χ1) is 18.1. The van der Waals surface area contributed by atoms with Gasteiger partial charge in [-0.25, -0.2) is 14.4 Å². The number of piperazine rings is 1. The highest BCUT2D eigenvalue weighted by atomic mass is 19.4. The number of imidazole rings is 1. The van der Waals surface area contributed by atoms with Gasteiger partial charge in [-0.05, 0) is 48.4 Å². The summed E-state index contributed by atoms with van der Waals surface area (Å²) in [4.78, 5) is 31.2. The number of nitrogens with one attached hydrogen (secondary N) is 2. The third-order valence-corrected chi connectivity index (χ3v) is 6.34. The van der Waals surface area contributed by atoms with Crippen molar-refractivity contribution in [3.63, 3.8) is 0 Å². The highest BCUT2D eigenvalue weighted by Crippen LogP contribution is 2.27. The Labute approximate surface area is 215 Å².